The van der Waals surface area contributed by atoms with Crippen LogP contribution in [0.1, 0.15) is 32.0 Å². The first-order valence-electron chi connectivity index (χ1n) is 7.39. The molecule has 20 heavy (non-hydrogen) atoms. The fraction of sp³-hybridized carbons (Fsp3) is 0.714. The molecule has 1 atom stereocenters. The third-order valence-electron chi connectivity index (χ3n) is 3.52. The molecule has 112 valence electrons. The third-order valence-corrected chi connectivity index (χ3v) is 3.52. The number of carbonyl (C=O) groups is 1. The molecule has 6 nitrogen and oxygen atoms in total. The van der Waals surface area contributed by atoms with Crippen LogP contribution >= 0.6 is 0 Å². The maximum Gasteiger partial charge on any atom is 0.329 e. The Kier molecular flexibility index (Phi) is 5.55. The van der Waals surface area contributed by atoms with Crippen molar-refractivity contribution in [3.05, 3.63) is 18.2 Å². The van der Waals surface area contributed by atoms with Crippen LogP contribution in [0.5, 0.6) is 0 Å². The molecule has 0 radical (unpaired) electrons. The Labute approximate surface area is 120 Å². The molecule has 0 saturated carbocycles. The number of hydrogen-bond acceptors (Lipinski definition) is 5. The highest BCUT2D eigenvalue weighted by molar-refractivity contribution is 5.77. The van der Waals surface area contributed by atoms with Crippen molar-refractivity contribution in [2.24, 2.45) is 0 Å². The van der Waals surface area contributed by atoms with Crippen LogP contribution in [0.25, 0.3) is 0 Å². The van der Waals surface area contributed by atoms with Crippen LogP contribution in [0.2, 0.25) is 0 Å². The van der Waals surface area contributed by atoms with E-state index >= 15 is 0 Å². The van der Waals surface area contributed by atoms with Gasteiger partial charge in [-0.1, -0.05) is 6.92 Å². The molecule has 2 heterocycles. The molecule has 1 aromatic rings. The Morgan fingerprint density at radius 1 is 1.45 bits per heavy atom. The van der Waals surface area contributed by atoms with Gasteiger partial charge >= 0.3 is 5.97 Å². The van der Waals surface area contributed by atoms with Crippen LogP contribution in [-0.4, -0.2) is 53.2 Å². The minimum Gasteiger partial charge on any atom is -0.465 e. The number of hydrogen-bond donors (Lipinski definition) is 1. The van der Waals surface area contributed by atoms with E-state index in [-0.39, 0.29) is 12.0 Å². The van der Waals surface area contributed by atoms with E-state index in [9.17, 15) is 4.79 Å². The number of imidazole rings is 1. The van der Waals surface area contributed by atoms with E-state index in [1.807, 2.05) is 6.92 Å². The Hall–Kier alpha value is -1.40. The lowest BCUT2D eigenvalue weighted by atomic mass is 10.1. The molecule has 1 fully saturated rings. The Bertz CT molecular complexity index is 427. The van der Waals surface area contributed by atoms with Gasteiger partial charge in [-0.3, -0.25) is 4.90 Å². The molecule has 1 aromatic heterocycles. The van der Waals surface area contributed by atoms with E-state index in [1.165, 1.54) is 0 Å². The molecule has 0 aromatic carbocycles. The van der Waals surface area contributed by atoms with E-state index in [0.29, 0.717) is 6.61 Å². The Balaban J connectivity index is 2.24. The molecule has 1 N–H and O–H groups in total. The van der Waals surface area contributed by atoms with E-state index in [4.69, 9.17) is 4.74 Å². The molecule has 0 bridgehead atoms. The predicted octanol–water partition coefficient (Wildman–Crippen LogP) is 0.802. The summed E-state index contributed by atoms with van der Waals surface area (Å²) in [6, 6.07) is -0.342. The molecule has 0 spiro atoms. The van der Waals surface area contributed by atoms with Crippen LogP contribution in [0.15, 0.2) is 12.5 Å². The lowest BCUT2D eigenvalue weighted by Crippen LogP contribution is -2.48. The molecule has 1 aliphatic heterocycles. The van der Waals surface area contributed by atoms with Gasteiger partial charge < -0.3 is 14.6 Å². The summed E-state index contributed by atoms with van der Waals surface area (Å²) < 4.78 is 7.33. The van der Waals surface area contributed by atoms with Crippen molar-refractivity contribution in [2.75, 3.05) is 32.8 Å². The van der Waals surface area contributed by atoms with Gasteiger partial charge in [0.2, 0.25) is 0 Å². The largest absolute Gasteiger partial charge is 0.465 e. The second-order valence-electron chi connectivity index (χ2n) is 4.95. The molecule has 1 aliphatic rings. The van der Waals surface area contributed by atoms with Crippen molar-refractivity contribution in [3.63, 3.8) is 0 Å². The van der Waals surface area contributed by atoms with Crippen LogP contribution in [0, 0.1) is 0 Å². The van der Waals surface area contributed by atoms with Gasteiger partial charge in [0.15, 0.2) is 6.04 Å². The van der Waals surface area contributed by atoms with E-state index in [1.54, 1.807) is 12.5 Å². The molecule has 0 amide bonds. The van der Waals surface area contributed by atoms with Gasteiger partial charge in [0.1, 0.15) is 0 Å². The number of aromatic nitrogens is 2. The van der Waals surface area contributed by atoms with Gasteiger partial charge in [-0.15, -0.1) is 0 Å². The van der Waals surface area contributed by atoms with Gasteiger partial charge in [-0.2, -0.15) is 0 Å². The number of nitrogens with zero attached hydrogens (tertiary/aromatic N) is 3. The van der Waals surface area contributed by atoms with E-state index in [2.05, 4.69) is 26.7 Å². The fourth-order valence-corrected chi connectivity index (χ4v) is 2.60. The highest BCUT2D eigenvalue weighted by Crippen LogP contribution is 2.23. The smallest absolute Gasteiger partial charge is 0.329 e. The number of aryl methyl sites for hydroxylation is 1. The van der Waals surface area contributed by atoms with Gasteiger partial charge in [0.25, 0.3) is 0 Å². The van der Waals surface area contributed by atoms with Gasteiger partial charge in [-0.05, 0) is 13.3 Å². The first-order chi connectivity index (χ1) is 9.77. The minimum absolute atomic E-state index is 0.174. The highest BCUT2D eigenvalue weighted by Gasteiger charge is 2.32. The lowest BCUT2D eigenvalue weighted by Gasteiger charge is -2.33. The lowest BCUT2D eigenvalue weighted by molar-refractivity contribution is -0.150. The van der Waals surface area contributed by atoms with Crippen molar-refractivity contribution in [3.8, 4) is 0 Å². The number of piperazine rings is 1. The minimum atomic E-state index is -0.342. The number of ether oxygens (including phenoxy) is 1. The van der Waals surface area contributed by atoms with Crippen molar-refractivity contribution in [1.82, 2.24) is 19.8 Å². The number of esters is 1. The van der Waals surface area contributed by atoms with Crippen LogP contribution in [0.4, 0.5) is 0 Å². The molecule has 1 unspecified atom stereocenters. The van der Waals surface area contributed by atoms with Crippen LogP contribution in [-0.2, 0) is 16.1 Å². The van der Waals surface area contributed by atoms with Crippen LogP contribution in [0.3, 0.4) is 0 Å². The zero-order valence-corrected chi connectivity index (χ0v) is 12.3. The molecule has 0 aliphatic carbocycles. The van der Waals surface area contributed by atoms with Gasteiger partial charge in [0.05, 0.1) is 24.8 Å². The number of rotatable bonds is 6. The maximum absolute atomic E-state index is 12.4. The second kappa shape index (κ2) is 7.40. The zero-order chi connectivity index (χ0) is 14.4. The average molecular weight is 280 g/mol. The highest BCUT2D eigenvalue weighted by atomic mass is 16.5. The second-order valence-corrected chi connectivity index (χ2v) is 4.95. The first kappa shape index (κ1) is 15.0. The quantitative estimate of drug-likeness (QED) is 0.781. The summed E-state index contributed by atoms with van der Waals surface area (Å²) in [7, 11) is 0. The number of carbonyl (C=O) groups excluding carboxylic acids is 1. The van der Waals surface area contributed by atoms with Crippen molar-refractivity contribution < 1.29 is 9.53 Å². The van der Waals surface area contributed by atoms with Crippen LogP contribution < -0.4 is 5.32 Å². The summed E-state index contributed by atoms with van der Waals surface area (Å²) in [6.45, 7) is 8.74. The molecule has 1 saturated heterocycles. The standard InChI is InChI=1S/C14H24N4O2/c1-3-7-18-11-16-10-12(18)13(14(19)20-4-2)17-8-5-15-6-9-17/h10-11,13,15H,3-9H2,1-2H3. The summed E-state index contributed by atoms with van der Waals surface area (Å²) in [5.41, 5.74) is 0.937. The van der Waals surface area contributed by atoms with Crippen molar-refractivity contribution in [1.29, 1.82) is 0 Å². The summed E-state index contributed by atoms with van der Waals surface area (Å²) in [4.78, 5) is 18.8. The van der Waals surface area contributed by atoms with Crippen molar-refractivity contribution >= 4 is 5.97 Å². The molecule has 2 rings (SSSR count). The Morgan fingerprint density at radius 2 is 2.20 bits per heavy atom. The summed E-state index contributed by atoms with van der Waals surface area (Å²) in [6.07, 6.45) is 4.60. The molecular formula is C14H24N4O2. The Morgan fingerprint density at radius 3 is 2.85 bits per heavy atom. The van der Waals surface area contributed by atoms with E-state index < -0.39 is 0 Å². The fourth-order valence-electron chi connectivity index (χ4n) is 2.60. The SMILES string of the molecule is CCCn1cncc1C(C(=O)OCC)N1CCNCC1. The summed E-state index contributed by atoms with van der Waals surface area (Å²) in [5, 5.41) is 3.31. The van der Waals surface area contributed by atoms with Crippen molar-refractivity contribution in [2.45, 2.75) is 32.9 Å². The van der Waals surface area contributed by atoms with Gasteiger partial charge in [-0.25, -0.2) is 9.78 Å². The maximum atomic E-state index is 12.4. The van der Waals surface area contributed by atoms with Gasteiger partial charge in [0, 0.05) is 32.7 Å². The molecular weight excluding hydrogens is 256 g/mol. The average Bonchev–Trinajstić information content (AvgIpc) is 2.89. The summed E-state index contributed by atoms with van der Waals surface area (Å²) in [5.74, 6) is -0.174. The normalized spacial score (nSPS) is 17.9. The third kappa shape index (κ3) is 3.37. The predicted molar refractivity (Wildman–Crippen MR) is 76.3 cm³/mol. The molecule has 6 heteroatoms. The topological polar surface area (TPSA) is 59.4 Å². The summed E-state index contributed by atoms with van der Waals surface area (Å²) >= 11 is 0. The monoisotopic (exact) mass is 280 g/mol. The first-order valence-corrected chi connectivity index (χ1v) is 7.39. The zero-order valence-electron chi connectivity index (χ0n) is 12.3. The number of nitrogens with one attached hydrogen (secondary N) is 1. The van der Waals surface area contributed by atoms with E-state index in [0.717, 1.165) is 44.8 Å².